The Morgan fingerprint density at radius 1 is 1.15 bits per heavy atom. The second-order valence-corrected chi connectivity index (χ2v) is 6.01. The summed E-state index contributed by atoms with van der Waals surface area (Å²) < 4.78 is 28.0. The predicted octanol–water partition coefficient (Wildman–Crippen LogP) is 5.28. The first-order chi connectivity index (χ1) is 9.40. The van der Waals surface area contributed by atoms with E-state index < -0.39 is 17.7 Å². The fourth-order valence-corrected chi connectivity index (χ4v) is 2.75. The van der Waals surface area contributed by atoms with Crippen LogP contribution in [0.2, 0.25) is 10.0 Å². The Bertz CT molecular complexity index is 626. The molecule has 0 saturated carbocycles. The van der Waals surface area contributed by atoms with Crippen molar-refractivity contribution < 1.29 is 8.78 Å². The molecule has 2 aromatic rings. The second-order valence-electron chi connectivity index (χ2n) is 4.31. The largest absolute Gasteiger partial charge is 0.323 e. The summed E-state index contributed by atoms with van der Waals surface area (Å²) in [6, 6.07) is 6.59. The van der Waals surface area contributed by atoms with Crippen molar-refractivity contribution in [1.82, 2.24) is 0 Å². The summed E-state index contributed by atoms with van der Waals surface area (Å²) in [5, 5.41) is 0.732. The molecule has 6 heteroatoms. The fraction of sp³-hybridized carbons (Fsp3) is 0.143. The second kappa shape index (κ2) is 6.39. The Morgan fingerprint density at radius 3 is 2.35 bits per heavy atom. The number of hydrogen-bond acceptors (Lipinski definition) is 1. The minimum Gasteiger partial charge on any atom is -0.323 e. The van der Waals surface area contributed by atoms with Gasteiger partial charge in [-0.3, -0.25) is 0 Å². The van der Waals surface area contributed by atoms with E-state index in [1.807, 2.05) is 0 Å². The quantitative estimate of drug-likeness (QED) is 0.770. The molecule has 0 aromatic heterocycles. The Balaban J connectivity index is 2.33. The summed E-state index contributed by atoms with van der Waals surface area (Å²) in [4.78, 5) is 0. The molecule has 0 radical (unpaired) electrons. The standard InChI is InChI=1S/C14H10BrCl2F2N/c15-8-5-10(18)13(11(19)6-8)12(20)4-7-2-1-3-9(16)14(7)17/h1-3,5-6,12H,4,20H2. The Hall–Kier alpha value is -0.680. The third-order valence-electron chi connectivity index (χ3n) is 2.89. The molecule has 0 spiro atoms. The Labute approximate surface area is 133 Å². The number of benzene rings is 2. The normalized spacial score (nSPS) is 12.5. The summed E-state index contributed by atoms with van der Waals surface area (Å²) in [5.41, 5.74) is 6.38. The van der Waals surface area contributed by atoms with Crippen LogP contribution in [-0.4, -0.2) is 0 Å². The molecule has 1 nitrogen and oxygen atoms in total. The molecule has 2 aromatic carbocycles. The molecule has 106 valence electrons. The summed E-state index contributed by atoms with van der Waals surface area (Å²) in [6.07, 6.45) is 0.189. The molecule has 1 unspecified atom stereocenters. The van der Waals surface area contributed by atoms with Crippen molar-refractivity contribution in [3.05, 3.63) is 67.6 Å². The highest BCUT2D eigenvalue weighted by Crippen LogP contribution is 2.30. The molecular weight excluding hydrogens is 371 g/mol. The molecule has 0 fully saturated rings. The van der Waals surface area contributed by atoms with Gasteiger partial charge >= 0.3 is 0 Å². The van der Waals surface area contributed by atoms with Gasteiger partial charge in [0.05, 0.1) is 10.0 Å². The van der Waals surface area contributed by atoms with Crippen molar-refractivity contribution in [3.63, 3.8) is 0 Å². The zero-order chi connectivity index (χ0) is 14.9. The Morgan fingerprint density at radius 2 is 1.75 bits per heavy atom. The first-order valence-electron chi connectivity index (χ1n) is 5.73. The highest BCUT2D eigenvalue weighted by Gasteiger charge is 2.19. The number of nitrogens with two attached hydrogens (primary N) is 1. The molecule has 0 saturated heterocycles. The van der Waals surface area contributed by atoms with E-state index in [-0.39, 0.29) is 12.0 Å². The van der Waals surface area contributed by atoms with Crippen LogP contribution in [0, 0.1) is 11.6 Å². The molecule has 20 heavy (non-hydrogen) atoms. The lowest BCUT2D eigenvalue weighted by Crippen LogP contribution is -2.17. The molecule has 0 amide bonds. The highest BCUT2D eigenvalue weighted by molar-refractivity contribution is 9.10. The molecule has 0 aliphatic rings. The van der Waals surface area contributed by atoms with Crippen LogP contribution < -0.4 is 5.73 Å². The zero-order valence-electron chi connectivity index (χ0n) is 10.1. The maximum atomic E-state index is 13.8. The van der Waals surface area contributed by atoms with Crippen molar-refractivity contribution in [2.24, 2.45) is 5.73 Å². The van der Waals surface area contributed by atoms with Crippen LogP contribution in [0.25, 0.3) is 0 Å². The van der Waals surface area contributed by atoms with E-state index in [4.69, 9.17) is 28.9 Å². The van der Waals surface area contributed by atoms with Gasteiger partial charge < -0.3 is 5.73 Å². The molecular formula is C14H10BrCl2F2N. The Kier molecular flexibility index (Phi) is 5.02. The predicted molar refractivity (Wildman–Crippen MR) is 81.2 cm³/mol. The molecule has 0 aliphatic carbocycles. The molecule has 0 aliphatic heterocycles. The average molecular weight is 381 g/mol. The van der Waals surface area contributed by atoms with E-state index in [0.717, 1.165) is 0 Å². The maximum Gasteiger partial charge on any atom is 0.132 e. The minimum absolute atomic E-state index is 0.163. The highest BCUT2D eigenvalue weighted by atomic mass is 79.9. The van der Waals surface area contributed by atoms with Gasteiger partial charge in [0.15, 0.2) is 0 Å². The summed E-state index contributed by atoms with van der Waals surface area (Å²) >= 11 is 15.0. The van der Waals surface area contributed by atoms with Crippen LogP contribution in [0.1, 0.15) is 17.2 Å². The van der Waals surface area contributed by atoms with Gasteiger partial charge in [-0.25, -0.2) is 8.78 Å². The van der Waals surface area contributed by atoms with Crippen molar-refractivity contribution >= 4 is 39.1 Å². The van der Waals surface area contributed by atoms with E-state index >= 15 is 0 Å². The monoisotopic (exact) mass is 379 g/mol. The number of rotatable bonds is 3. The van der Waals surface area contributed by atoms with Crippen LogP contribution in [0.3, 0.4) is 0 Å². The third-order valence-corrected chi connectivity index (χ3v) is 4.20. The first-order valence-corrected chi connectivity index (χ1v) is 7.28. The SMILES string of the molecule is NC(Cc1cccc(Cl)c1Cl)c1c(F)cc(Br)cc1F. The van der Waals surface area contributed by atoms with Gasteiger partial charge in [-0.1, -0.05) is 51.3 Å². The topological polar surface area (TPSA) is 26.0 Å². The van der Waals surface area contributed by atoms with Gasteiger partial charge in [-0.05, 0) is 30.2 Å². The van der Waals surface area contributed by atoms with E-state index in [9.17, 15) is 8.78 Å². The number of hydrogen-bond donors (Lipinski definition) is 1. The molecule has 0 heterocycles. The summed E-state index contributed by atoms with van der Waals surface area (Å²) in [6.45, 7) is 0. The van der Waals surface area contributed by atoms with Crippen molar-refractivity contribution in [2.45, 2.75) is 12.5 Å². The van der Waals surface area contributed by atoms with Gasteiger partial charge in [0.25, 0.3) is 0 Å². The smallest absolute Gasteiger partial charge is 0.132 e. The van der Waals surface area contributed by atoms with Crippen LogP contribution in [0.5, 0.6) is 0 Å². The lowest BCUT2D eigenvalue weighted by atomic mass is 9.98. The van der Waals surface area contributed by atoms with E-state index in [2.05, 4.69) is 15.9 Å². The van der Waals surface area contributed by atoms with Gasteiger partial charge in [0.2, 0.25) is 0 Å². The minimum atomic E-state index is -0.848. The molecule has 1 atom stereocenters. The van der Waals surface area contributed by atoms with Crippen molar-refractivity contribution in [2.75, 3.05) is 0 Å². The summed E-state index contributed by atoms with van der Waals surface area (Å²) in [7, 11) is 0. The van der Waals surface area contributed by atoms with Crippen LogP contribution in [0.15, 0.2) is 34.8 Å². The number of halogens is 5. The van der Waals surface area contributed by atoms with Crippen molar-refractivity contribution in [1.29, 1.82) is 0 Å². The first kappa shape index (κ1) is 15.7. The lowest BCUT2D eigenvalue weighted by molar-refractivity contribution is 0.523. The average Bonchev–Trinajstić information content (AvgIpc) is 2.33. The van der Waals surface area contributed by atoms with E-state index in [1.54, 1.807) is 18.2 Å². The third kappa shape index (κ3) is 3.31. The molecule has 2 N–H and O–H groups in total. The van der Waals surface area contributed by atoms with E-state index in [0.29, 0.717) is 20.1 Å². The van der Waals surface area contributed by atoms with Gasteiger partial charge in [0.1, 0.15) is 11.6 Å². The van der Waals surface area contributed by atoms with Crippen LogP contribution in [-0.2, 0) is 6.42 Å². The van der Waals surface area contributed by atoms with Crippen LogP contribution in [0.4, 0.5) is 8.78 Å². The van der Waals surface area contributed by atoms with Gasteiger partial charge in [0, 0.05) is 16.1 Å². The fourth-order valence-electron chi connectivity index (χ4n) is 1.95. The maximum absolute atomic E-state index is 13.8. The molecule has 0 bridgehead atoms. The van der Waals surface area contributed by atoms with Gasteiger partial charge in [-0.2, -0.15) is 0 Å². The zero-order valence-corrected chi connectivity index (χ0v) is 13.2. The molecule has 2 rings (SSSR count). The van der Waals surface area contributed by atoms with Crippen molar-refractivity contribution in [3.8, 4) is 0 Å². The van der Waals surface area contributed by atoms with Gasteiger partial charge in [-0.15, -0.1) is 0 Å². The van der Waals surface area contributed by atoms with E-state index in [1.165, 1.54) is 12.1 Å². The lowest BCUT2D eigenvalue weighted by Gasteiger charge is -2.15. The van der Waals surface area contributed by atoms with Crippen LogP contribution >= 0.6 is 39.1 Å². The summed E-state index contributed by atoms with van der Waals surface area (Å²) in [5.74, 6) is -1.38.